The summed E-state index contributed by atoms with van der Waals surface area (Å²) in [5.74, 6) is 0.0271. The lowest BCUT2D eigenvalue weighted by molar-refractivity contribution is 0.101. The molecule has 0 fully saturated rings. The van der Waals surface area contributed by atoms with Crippen LogP contribution in [-0.2, 0) is 0 Å². The van der Waals surface area contributed by atoms with E-state index < -0.39 is 0 Å². The van der Waals surface area contributed by atoms with E-state index in [0.717, 1.165) is 4.47 Å². The summed E-state index contributed by atoms with van der Waals surface area (Å²) in [6.45, 7) is 0. The Labute approximate surface area is 114 Å². The predicted octanol–water partition coefficient (Wildman–Crippen LogP) is 4.69. The summed E-state index contributed by atoms with van der Waals surface area (Å²) in [5.41, 5.74) is 0.423. The van der Waals surface area contributed by atoms with E-state index in [9.17, 15) is 4.79 Å². The lowest BCUT2D eigenvalue weighted by atomic mass is 10.1. The number of furan rings is 1. The zero-order chi connectivity index (χ0) is 11.7. The molecule has 0 aliphatic carbocycles. The molecule has 0 atom stereocenters. The van der Waals surface area contributed by atoms with Crippen molar-refractivity contribution in [3.05, 3.63) is 55.8 Å². The van der Waals surface area contributed by atoms with Gasteiger partial charge in [0, 0.05) is 10.0 Å². The number of hydrogen-bond acceptors (Lipinski definition) is 2. The molecule has 0 aliphatic heterocycles. The standard InChI is InChI=1S/C11H5Br2ClO2/c12-6-1-2-7(8(14)5-6)11(15)9-3-4-10(13)16-9/h1-5H. The molecule has 82 valence electrons. The number of benzene rings is 1. The van der Waals surface area contributed by atoms with Gasteiger partial charge in [-0.3, -0.25) is 4.79 Å². The number of carbonyl (C=O) groups excluding carboxylic acids is 1. The van der Waals surface area contributed by atoms with Crippen LogP contribution >= 0.6 is 43.5 Å². The Morgan fingerprint density at radius 3 is 2.50 bits per heavy atom. The molecule has 0 aliphatic rings. The van der Waals surface area contributed by atoms with Gasteiger partial charge >= 0.3 is 0 Å². The zero-order valence-corrected chi connectivity index (χ0v) is 11.8. The minimum Gasteiger partial charge on any atom is -0.446 e. The highest BCUT2D eigenvalue weighted by Gasteiger charge is 2.16. The van der Waals surface area contributed by atoms with Gasteiger partial charge in [0.05, 0.1) is 5.02 Å². The third-order valence-electron chi connectivity index (χ3n) is 1.97. The second-order valence-corrected chi connectivity index (χ2v) is 5.16. The van der Waals surface area contributed by atoms with Gasteiger partial charge in [0.2, 0.25) is 5.78 Å². The summed E-state index contributed by atoms with van der Waals surface area (Å²) in [6.07, 6.45) is 0. The van der Waals surface area contributed by atoms with E-state index in [4.69, 9.17) is 16.0 Å². The molecule has 0 bridgehead atoms. The van der Waals surface area contributed by atoms with Crippen molar-refractivity contribution in [2.45, 2.75) is 0 Å². The molecular formula is C11H5Br2ClO2. The smallest absolute Gasteiger partial charge is 0.229 e. The van der Waals surface area contributed by atoms with E-state index in [-0.39, 0.29) is 11.5 Å². The molecule has 1 aromatic heterocycles. The maximum absolute atomic E-state index is 12.0. The Kier molecular flexibility index (Phi) is 3.52. The summed E-state index contributed by atoms with van der Waals surface area (Å²) in [4.78, 5) is 12.0. The van der Waals surface area contributed by atoms with Gasteiger partial charge in [0.25, 0.3) is 0 Å². The van der Waals surface area contributed by atoms with Gasteiger partial charge in [-0.2, -0.15) is 0 Å². The van der Waals surface area contributed by atoms with Crippen molar-refractivity contribution >= 4 is 49.2 Å². The van der Waals surface area contributed by atoms with Crippen molar-refractivity contribution in [3.8, 4) is 0 Å². The topological polar surface area (TPSA) is 30.2 Å². The third-order valence-corrected chi connectivity index (χ3v) is 3.20. The van der Waals surface area contributed by atoms with Crippen LogP contribution in [0.1, 0.15) is 16.1 Å². The molecular weight excluding hydrogens is 359 g/mol. The van der Waals surface area contributed by atoms with Gasteiger partial charge in [0.15, 0.2) is 10.4 Å². The van der Waals surface area contributed by atoms with Crippen LogP contribution in [0.3, 0.4) is 0 Å². The Balaban J connectivity index is 2.41. The van der Waals surface area contributed by atoms with Crippen LogP contribution in [0.25, 0.3) is 0 Å². The fraction of sp³-hybridized carbons (Fsp3) is 0. The number of ketones is 1. The Bertz CT molecular complexity index is 549. The second kappa shape index (κ2) is 4.73. The molecule has 5 heteroatoms. The third kappa shape index (κ3) is 2.39. The SMILES string of the molecule is O=C(c1ccc(Br)o1)c1ccc(Br)cc1Cl. The fourth-order valence-corrected chi connectivity index (χ4v) is 2.31. The molecule has 2 nitrogen and oxygen atoms in total. The first-order valence-electron chi connectivity index (χ1n) is 4.33. The average Bonchev–Trinajstić information content (AvgIpc) is 2.64. The lowest BCUT2D eigenvalue weighted by Gasteiger charge is -2.01. The number of hydrogen-bond donors (Lipinski definition) is 0. The van der Waals surface area contributed by atoms with Crippen LogP contribution in [-0.4, -0.2) is 5.78 Å². The first-order chi connectivity index (χ1) is 7.58. The molecule has 0 radical (unpaired) electrons. The maximum atomic E-state index is 12.0. The molecule has 0 saturated carbocycles. The van der Waals surface area contributed by atoms with Crippen LogP contribution in [0.4, 0.5) is 0 Å². The van der Waals surface area contributed by atoms with Crippen LogP contribution in [0.5, 0.6) is 0 Å². The summed E-state index contributed by atoms with van der Waals surface area (Å²) in [6, 6.07) is 8.36. The highest BCUT2D eigenvalue weighted by atomic mass is 79.9. The normalized spacial score (nSPS) is 10.4. The van der Waals surface area contributed by atoms with Crippen molar-refractivity contribution in [1.82, 2.24) is 0 Å². The Morgan fingerprint density at radius 1 is 1.19 bits per heavy atom. The molecule has 2 aromatic rings. The first kappa shape index (κ1) is 11.9. The number of halogens is 3. The number of carbonyl (C=O) groups is 1. The molecule has 1 heterocycles. The van der Waals surface area contributed by atoms with E-state index in [1.54, 1.807) is 30.3 Å². The maximum Gasteiger partial charge on any atom is 0.229 e. The van der Waals surface area contributed by atoms with Gasteiger partial charge < -0.3 is 4.42 Å². The molecule has 2 rings (SSSR count). The van der Waals surface area contributed by atoms with E-state index in [1.165, 1.54) is 0 Å². The van der Waals surface area contributed by atoms with Crippen LogP contribution in [0.2, 0.25) is 5.02 Å². The van der Waals surface area contributed by atoms with Gasteiger partial charge in [-0.15, -0.1) is 0 Å². The molecule has 0 N–H and O–H groups in total. The first-order valence-corrected chi connectivity index (χ1v) is 6.29. The van der Waals surface area contributed by atoms with Crippen LogP contribution in [0.15, 0.2) is 43.9 Å². The minimum absolute atomic E-state index is 0.233. The minimum atomic E-state index is -0.233. The summed E-state index contributed by atoms with van der Waals surface area (Å²) >= 11 is 12.4. The molecule has 16 heavy (non-hydrogen) atoms. The van der Waals surface area contributed by atoms with Crippen LogP contribution in [0, 0.1) is 0 Å². The quantitative estimate of drug-likeness (QED) is 0.724. The van der Waals surface area contributed by atoms with Gasteiger partial charge in [0.1, 0.15) is 0 Å². The molecule has 0 spiro atoms. The van der Waals surface area contributed by atoms with Crippen molar-refractivity contribution in [1.29, 1.82) is 0 Å². The largest absolute Gasteiger partial charge is 0.446 e. The molecule has 0 saturated heterocycles. The van der Waals surface area contributed by atoms with Crippen molar-refractivity contribution in [2.24, 2.45) is 0 Å². The lowest BCUT2D eigenvalue weighted by Crippen LogP contribution is -2.00. The van der Waals surface area contributed by atoms with Crippen LogP contribution < -0.4 is 0 Å². The fourth-order valence-electron chi connectivity index (χ4n) is 1.24. The van der Waals surface area contributed by atoms with E-state index >= 15 is 0 Å². The zero-order valence-electron chi connectivity index (χ0n) is 7.84. The molecule has 0 unspecified atom stereocenters. The summed E-state index contributed by atoms with van der Waals surface area (Å²) < 4.78 is 6.53. The number of rotatable bonds is 2. The van der Waals surface area contributed by atoms with E-state index in [2.05, 4.69) is 31.9 Å². The van der Waals surface area contributed by atoms with Gasteiger partial charge in [-0.25, -0.2) is 0 Å². The summed E-state index contributed by atoms with van der Waals surface area (Å²) in [5, 5.41) is 0.395. The Morgan fingerprint density at radius 2 is 1.94 bits per heavy atom. The second-order valence-electron chi connectivity index (χ2n) is 3.06. The monoisotopic (exact) mass is 362 g/mol. The Hall–Kier alpha value is -0.580. The van der Waals surface area contributed by atoms with Crippen molar-refractivity contribution in [2.75, 3.05) is 0 Å². The summed E-state index contributed by atoms with van der Waals surface area (Å²) in [7, 11) is 0. The highest BCUT2D eigenvalue weighted by molar-refractivity contribution is 9.10. The average molecular weight is 364 g/mol. The van der Waals surface area contributed by atoms with Gasteiger partial charge in [-0.1, -0.05) is 27.5 Å². The predicted molar refractivity (Wildman–Crippen MR) is 69.0 cm³/mol. The molecule has 1 aromatic carbocycles. The van der Waals surface area contributed by atoms with Crippen molar-refractivity contribution < 1.29 is 9.21 Å². The van der Waals surface area contributed by atoms with E-state index in [0.29, 0.717) is 15.3 Å². The van der Waals surface area contributed by atoms with Crippen molar-refractivity contribution in [3.63, 3.8) is 0 Å². The highest BCUT2D eigenvalue weighted by Crippen LogP contribution is 2.25. The molecule has 0 amide bonds. The van der Waals surface area contributed by atoms with Gasteiger partial charge in [-0.05, 0) is 46.3 Å². The van der Waals surface area contributed by atoms with E-state index in [1.807, 2.05) is 0 Å².